The molecule has 3 rings (SSSR count). The molecule has 0 fully saturated rings. The summed E-state index contributed by atoms with van der Waals surface area (Å²) in [5.41, 5.74) is -1.19. The first kappa shape index (κ1) is 26.5. The topological polar surface area (TPSA) is 88.6 Å². The summed E-state index contributed by atoms with van der Waals surface area (Å²) in [5.74, 6) is -1.39. The number of halogens is 5. The minimum absolute atomic E-state index is 0.0748. The van der Waals surface area contributed by atoms with Crippen molar-refractivity contribution >= 4 is 57.4 Å². The molecule has 0 aliphatic heterocycles. The second kappa shape index (κ2) is 10.6. The Morgan fingerprint density at radius 2 is 1.80 bits per heavy atom. The molecule has 35 heavy (non-hydrogen) atoms. The molecule has 1 heterocycles. The van der Waals surface area contributed by atoms with Crippen LogP contribution in [0.25, 0.3) is 0 Å². The normalized spacial score (nSPS) is 12.1. The predicted octanol–water partition coefficient (Wildman–Crippen LogP) is 5.61. The molecule has 0 bridgehead atoms. The Labute approximate surface area is 210 Å². The lowest BCUT2D eigenvalue weighted by Gasteiger charge is -2.21. The van der Waals surface area contributed by atoms with Crippen molar-refractivity contribution in [2.45, 2.75) is 11.1 Å². The van der Waals surface area contributed by atoms with E-state index in [4.69, 9.17) is 27.9 Å². The van der Waals surface area contributed by atoms with Crippen molar-refractivity contribution in [2.24, 2.45) is 0 Å². The molecule has 0 spiro atoms. The number of alkyl halides is 3. The lowest BCUT2D eigenvalue weighted by Crippen LogP contribution is -2.29. The van der Waals surface area contributed by atoms with Gasteiger partial charge < -0.3 is 9.64 Å². The Morgan fingerprint density at radius 1 is 1.11 bits per heavy atom. The monoisotopic (exact) mass is 545 g/mol. The highest BCUT2D eigenvalue weighted by Crippen LogP contribution is 2.36. The Balaban J connectivity index is 1.97. The zero-order chi connectivity index (χ0) is 25.9. The number of carbonyl (C=O) groups excluding carboxylic acids is 2. The second-order valence-corrected chi connectivity index (χ2v) is 8.99. The van der Waals surface area contributed by atoms with Crippen LogP contribution in [-0.2, 0) is 21.9 Å². The molecule has 0 radical (unpaired) electrons. The van der Waals surface area contributed by atoms with Crippen molar-refractivity contribution in [1.82, 2.24) is 4.98 Å². The number of hydrogen-bond acceptors (Lipinski definition) is 5. The van der Waals surface area contributed by atoms with Gasteiger partial charge in [-0.15, -0.1) is 0 Å². The average Bonchev–Trinajstić information content (AvgIpc) is 2.82. The van der Waals surface area contributed by atoms with Gasteiger partial charge in [-0.25, -0.2) is 14.0 Å². The SMILES string of the molecule is COC(=O)c1ccccc1N(C)C(=O)c1ncc(Cl)cc1NS(=O)c1ccc(Cl)c(C(F)(F)F)c1. The summed E-state index contributed by atoms with van der Waals surface area (Å²) in [7, 11) is 0.333. The van der Waals surface area contributed by atoms with E-state index in [0.29, 0.717) is 6.07 Å². The Hall–Kier alpha value is -3.15. The molecule has 2 aromatic carbocycles. The number of rotatable bonds is 6. The molecule has 1 N–H and O–H groups in total. The minimum atomic E-state index is -4.76. The predicted molar refractivity (Wildman–Crippen MR) is 126 cm³/mol. The van der Waals surface area contributed by atoms with E-state index in [2.05, 4.69) is 9.71 Å². The molecule has 1 atom stereocenters. The fourth-order valence-corrected chi connectivity index (χ4v) is 4.27. The summed E-state index contributed by atoms with van der Waals surface area (Å²) in [6, 6.07) is 10.2. The molecule has 184 valence electrons. The number of hydrogen-bond donors (Lipinski definition) is 1. The minimum Gasteiger partial charge on any atom is -0.465 e. The lowest BCUT2D eigenvalue weighted by atomic mass is 10.1. The summed E-state index contributed by atoms with van der Waals surface area (Å²) >= 11 is 11.6. The average molecular weight is 546 g/mol. The van der Waals surface area contributed by atoms with Crippen molar-refractivity contribution < 1.29 is 31.7 Å². The molecule has 1 unspecified atom stereocenters. The summed E-state index contributed by atoms with van der Waals surface area (Å²) in [6.07, 6.45) is -3.58. The summed E-state index contributed by atoms with van der Waals surface area (Å²) in [6.45, 7) is 0. The molecular weight excluding hydrogens is 530 g/mol. The van der Waals surface area contributed by atoms with Crippen molar-refractivity contribution in [3.63, 3.8) is 0 Å². The lowest BCUT2D eigenvalue weighted by molar-refractivity contribution is -0.137. The number of nitrogens with one attached hydrogen (secondary N) is 1. The number of anilines is 2. The zero-order valence-corrected chi connectivity index (χ0v) is 20.3. The standard InChI is InChI=1S/C22H16Cl2F3N3O4S/c1-30(18-6-4-3-5-14(18)21(32)34-2)20(31)19-17(9-12(23)11-28-19)29-35(33)13-7-8-16(24)15(10-13)22(25,26)27/h3-11,29H,1-2H3. The van der Waals surface area contributed by atoms with E-state index in [-0.39, 0.29) is 32.6 Å². The first-order valence-electron chi connectivity index (χ1n) is 9.60. The van der Waals surface area contributed by atoms with Gasteiger partial charge in [-0.1, -0.05) is 35.3 Å². The number of pyridine rings is 1. The quantitative estimate of drug-likeness (QED) is 0.407. The van der Waals surface area contributed by atoms with Gasteiger partial charge in [-0.05, 0) is 36.4 Å². The van der Waals surface area contributed by atoms with Crippen LogP contribution in [-0.4, -0.2) is 35.2 Å². The van der Waals surface area contributed by atoms with Crippen LogP contribution in [0.3, 0.4) is 0 Å². The van der Waals surface area contributed by atoms with Gasteiger partial charge in [0.25, 0.3) is 5.91 Å². The number of ether oxygens (including phenoxy) is 1. The number of esters is 1. The number of benzene rings is 2. The number of para-hydroxylation sites is 1. The highest BCUT2D eigenvalue weighted by molar-refractivity contribution is 7.86. The molecule has 0 aliphatic carbocycles. The first-order chi connectivity index (χ1) is 16.4. The first-order valence-corrected chi connectivity index (χ1v) is 11.5. The van der Waals surface area contributed by atoms with Crippen LogP contribution in [0.5, 0.6) is 0 Å². The van der Waals surface area contributed by atoms with Crippen molar-refractivity contribution in [3.8, 4) is 0 Å². The van der Waals surface area contributed by atoms with Crippen molar-refractivity contribution in [2.75, 3.05) is 23.8 Å². The van der Waals surface area contributed by atoms with Gasteiger partial charge in [0.15, 0.2) is 5.69 Å². The molecule has 7 nitrogen and oxygen atoms in total. The number of methoxy groups -OCH3 is 1. The van der Waals surface area contributed by atoms with Crippen LogP contribution in [0.4, 0.5) is 24.5 Å². The molecule has 1 amide bonds. The molecule has 3 aromatic rings. The number of aromatic nitrogens is 1. The Kier molecular flexibility index (Phi) is 8.04. The number of nitrogens with zero attached hydrogens (tertiary/aromatic N) is 2. The highest BCUT2D eigenvalue weighted by Gasteiger charge is 2.34. The Morgan fingerprint density at radius 3 is 2.46 bits per heavy atom. The van der Waals surface area contributed by atoms with Crippen LogP contribution in [0.15, 0.2) is 59.6 Å². The number of carbonyl (C=O) groups is 2. The van der Waals surface area contributed by atoms with Crippen LogP contribution >= 0.6 is 23.2 Å². The van der Waals surface area contributed by atoms with Crippen molar-refractivity contribution in [3.05, 3.63) is 81.6 Å². The maximum Gasteiger partial charge on any atom is 0.417 e. The maximum atomic E-state index is 13.3. The zero-order valence-electron chi connectivity index (χ0n) is 18.0. The summed E-state index contributed by atoms with van der Waals surface area (Å²) in [5, 5.41) is -0.477. The van der Waals surface area contributed by atoms with E-state index in [1.165, 1.54) is 38.6 Å². The van der Waals surface area contributed by atoms with Gasteiger partial charge in [-0.3, -0.25) is 9.52 Å². The van der Waals surface area contributed by atoms with E-state index in [9.17, 15) is 27.0 Å². The van der Waals surface area contributed by atoms with Gasteiger partial charge in [-0.2, -0.15) is 13.2 Å². The molecular formula is C22H16Cl2F3N3O4S. The number of amides is 1. The maximum absolute atomic E-state index is 13.3. The van der Waals surface area contributed by atoms with Crippen LogP contribution in [0.1, 0.15) is 26.4 Å². The van der Waals surface area contributed by atoms with Crippen molar-refractivity contribution in [1.29, 1.82) is 0 Å². The van der Waals surface area contributed by atoms with E-state index in [1.807, 2.05) is 0 Å². The third-order valence-corrected chi connectivity index (χ3v) is 6.32. The van der Waals surface area contributed by atoms with Crippen LogP contribution in [0.2, 0.25) is 10.0 Å². The summed E-state index contributed by atoms with van der Waals surface area (Å²) in [4.78, 5) is 30.2. The molecule has 0 saturated heterocycles. The third kappa shape index (κ3) is 5.92. The third-order valence-electron chi connectivity index (χ3n) is 4.69. The smallest absolute Gasteiger partial charge is 0.417 e. The van der Waals surface area contributed by atoms with Gasteiger partial charge in [0, 0.05) is 13.2 Å². The summed E-state index contributed by atoms with van der Waals surface area (Å²) < 4.78 is 59.6. The van der Waals surface area contributed by atoms with E-state index >= 15 is 0 Å². The van der Waals surface area contributed by atoms with Crippen LogP contribution in [0, 0.1) is 0 Å². The Bertz CT molecular complexity index is 1320. The second-order valence-electron chi connectivity index (χ2n) is 6.93. The van der Waals surface area contributed by atoms with Gasteiger partial charge in [0.1, 0.15) is 11.0 Å². The fraction of sp³-hybridized carbons (Fsp3) is 0.136. The largest absolute Gasteiger partial charge is 0.465 e. The fourth-order valence-electron chi connectivity index (χ4n) is 3.00. The molecule has 0 saturated carbocycles. The van der Waals surface area contributed by atoms with Gasteiger partial charge in [0.2, 0.25) is 0 Å². The van der Waals surface area contributed by atoms with E-state index in [0.717, 1.165) is 17.0 Å². The molecule has 1 aromatic heterocycles. The van der Waals surface area contributed by atoms with E-state index < -0.39 is 39.6 Å². The van der Waals surface area contributed by atoms with Crippen LogP contribution < -0.4 is 9.62 Å². The van der Waals surface area contributed by atoms with E-state index in [1.54, 1.807) is 12.1 Å². The van der Waals surface area contributed by atoms with Gasteiger partial charge in [0.05, 0.1) is 44.6 Å². The van der Waals surface area contributed by atoms with Gasteiger partial charge >= 0.3 is 12.1 Å². The highest BCUT2D eigenvalue weighted by atomic mass is 35.5. The molecule has 0 aliphatic rings. The molecule has 13 heteroatoms.